The van der Waals surface area contributed by atoms with Crippen LogP contribution in [0.15, 0.2) is 0 Å². The summed E-state index contributed by atoms with van der Waals surface area (Å²) in [4.78, 5) is 32.4. The Balaban J connectivity index is 0.00000256. The molecular formula is C10H13NaO6. The molecule has 90 valence electrons. The Labute approximate surface area is 121 Å². The maximum absolute atomic E-state index is 11.4. The summed E-state index contributed by atoms with van der Waals surface area (Å²) in [7, 11) is 0. The van der Waals surface area contributed by atoms with Gasteiger partial charge in [-0.05, 0) is 12.8 Å². The molecule has 0 spiro atoms. The third-order valence-corrected chi connectivity index (χ3v) is 2.71. The molecule has 2 unspecified atom stereocenters. The van der Waals surface area contributed by atoms with E-state index in [9.17, 15) is 19.5 Å². The van der Waals surface area contributed by atoms with Crippen molar-refractivity contribution in [3.05, 3.63) is 0 Å². The minimum Gasteiger partial charge on any atom is -0.550 e. The van der Waals surface area contributed by atoms with Crippen LogP contribution in [0.4, 0.5) is 0 Å². The van der Waals surface area contributed by atoms with Gasteiger partial charge in [-0.15, -0.1) is 0 Å². The number of hydrogen-bond donors (Lipinski definition) is 1. The zero-order chi connectivity index (χ0) is 12.1. The second-order valence-electron chi connectivity index (χ2n) is 3.82. The van der Waals surface area contributed by atoms with Crippen molar-refractivity contribution in [3.63, 3.8) is 0 Å². The normalized spacial score (nSPS) is 23.3. The fourth-order valence-corrected chi connectivity index (χ4v) is 1.94. The van der Waals surface area contributed by atoms with Crippen LogP contribution in [-0.4, -0.2) is 29.6 Å². The first-order valence-corrected chi connectivity index (χ1v) is 5.11. The van der Waals surface area contributed by atoms with Gasteiger partial charge in [0, 0.05) is 11.9 Å². The van der Waals surface area contributed by atoms with Crippen LogP contribution in [0.2, 0.25) is 0 Å². The van der Waals surface area contributed by atoms with Crippen molar-refractivity contribution in [3.8, 4) is 0 Å². The molecule has 0 aromatic heterocycles. The first-order chi connectivity index (χ1) is 7.52. The molecular weight excluding hydrogens is 239 g/mol. The zero-order valence-electron chi connectivity index (χ0n) is 9.68. The molecule has 1 aliphatic rings. The molecule has 0 bridgehead atoms. The molecule has 0 amide bonds. The van der Waals surface area contributed by atoms with Gasteiger partial charge in [0.2, 0.25) is 0 Å². The number of carboxylic acid groups (broad SMARTS) is 2. The fourth-order valence-electron chi connectivity index (χ4n) is 1.94. The van der Waals surface area contributed by atoms with E-state index in [4.69, 9.17) is 5.11 Å². The molecule has 0 aliphatic heterocycles. The SMILES string of the molecule is O=C(O)COC(=O)C1CCCCC1C(=O)[O-].[Na+]. The molecule has 0 heterocycles. The van der Waals surface area contributed by atoms with Crippen LogP contribution in [0.5, 0.6) is 0 Å². The van der Waals surface area contributed by atoms with Crippen LogP contribution in [-0.2, 0) is 19.1 Å². The Hall–Kier alpha value is -0.590. The van der Waals surface area contributed by atoms with Crippen LogP contribution in [0.1, 0.15) is 25.7 Å². The van der Waals surface area contributed by atoms with Gasteiger partial charge in [0.15, 0.2) is 6.61 Å². The topological polar surface area (TPSA) is 104 Å². The number of hydrogen-bond acceptors (Lipinski definition) is 5. The summed E-state index contributed by atoms with van der Waals surface area (Å²) in [6.07, 6.45) is 2.28. The molecule has 1 N–H and O–H groups in total. The molecule has 1 rings (SSSR count). The number of esters is 1. The summed E-state index contributed by atoms with van der Waals surface area (Å²) in [5.74, 6) is -4.89. The number of rotatable bonds is 4. The molecule has 0 radical (unpaired) electrons. The quantitative estimate of drug-likeness (QED) is 0.406. The van der Waals surface area contributed by atoms with Gasteiger partial charge < -0.3 is 19.7 Å². The molecule has 17 heavy (non-hydrogen) atoms. The van der Waals surface area contributed by atoms with E-state index in [1.807, 2.05) is 0 Å². The van der Waals surface area contributed by atoms with Gasteiger partial charge in [-0.3, -0.25) is 4.79 Å². The van der Waals surface area contributed by atoms with Gasteiger partial charge in [-0.1, -0.05) is 12.8 Å². The summed E-state index contributed by atoms with van der Waals surface area (Å²) in [6, 6.07) is 0. The number of carbonyl (C=O) groups is 3. The third kappa shape index (κ3) is 5.06. The Morgan fingerprint density at radius 1 is 1.18 bits per heavy atom. The van der Waals surface area contributed by atoms with Crippen LogP contribution in [0.25, 0.3) is 0 Å². The number of carbonyl (C=O) groups excluding carboxylic acids is 2. The van der Waals surface area contributed by atoms with Crippen LogP contribution in [0.3, 0.4) is 0 Å². The van der Waals surface area contributed by atoms with Gasteiger partial charge in [-0.2, -0.15) is 0 Å². The molecule has 2 atom stereocenters. The average molecular weight is 252 g/mol. The minimum atomic E-state index is -1.27. The standard InChI is InChI=1S/C10H14O6.Na/c11-8(12)5-16-10(15)7-4-2-1-3-6(7)9(13)14;/h6-7H,1-5H2,(H,11,12)(H,13,14);/q;+1/p-1. The van der Waals surface area contributed by atoms with E-state index in [1.54, 1.807) is 0 Å². The molecule has 1 saturated carbocycles. The van der Waals surface area contributed by atoms with Crippen LogP contribution in [0, 0.1) is 11.8 Å². The van der Waals surface area contributed by atoms with Crippen molar-refractivity contribution in [1.29, 1.82) is 0 Å². The monoisotopic (exact) mass is 252 g/mol. The van der Waals surface area contributed by atoms with E-state index >= 15 is 0 Å². The Morgan fingerprint density at radius 3 is 2.18 bits per heavy atom. The van der Waals surface area contributed by atoms with E-state index < -0.39 is 36.4 Å². The van der Waals surface area contributed by atoms with Crippen molar-refractivity contribution in [1.82, 2.24) is 0 Å². The zero-order valence-corrected chi connectivity index (χ0v) is 11.7. The predicted octanol–water partition coefficient (Wildman–Crippen LogP) is -3.83. The van der Waals surface area contributed by atoms with Crippen LogP contribution < -0.4 is 34.7 Å². The van der Waals surface area contributed by atoms with Crippen LogP contribution >= 0.6 is 0 Å². The molecule has 6 nitrogen and oxygen atoms in total. The van der Waals surface area contributed by atoms with Crippen molar-refractivity contribution in [2.45, 2.75) is 25.7 Å². The first-order valence-electron chi connectivity index (χ1n) is 5.11. The van der Waals surface area contributed by atoms with Crippen molar-refractivity contribution < 1.29 is 58.9 Å². The number of ether oxygens (including phenoxy) is 1. The smallest absolute Gasteiger partial charge is 0.550 e. The fraction of sp³-hybridized carbons (Fsp3) is 0.700. The minimum absolute atomic E-state index is 0. The molecule has 7 heteroatoms. The first kappa shape index (κ1) is 16.4. The maximum atomic E-state index is 11.4. The summed E-state index contributed by atoms with van der Waals surface area (Å²) in [5, 5.41) is 19.1. The van der Waals surface area contributed by atoms with E-state index in [2.05, 4.69) is 4.74 Å². The van der Waals surface area contributed by atoms with E-state index in [0.717, 1.165) is 12.8 Å². The van der Waals surface area contributed by atoms with Gasteiger partial charge in [0.05, 0.1) is 5.92 Å². The van der Waals surface area contributed by atoms with E-state index in [-0.39, 0.29) is 29.6 Å². The maximum Gasteiger partial charge on any atom is 1.00 e. The molecule has 0 aromatic carbocycles. The molecule has 1 fully saturated rings. The second-order valence-corrected chi connectivity index (χ2v) is 3.82. The predicted molar refractivity (Wildman–Crippen MR) is 49.0 cm³/mol. The van der Waals surface area contributed by atoms with Crippen molar-refractivity contribution in [2.24, 2.45) is 11.8 Å². The van der Waals surface area contributed by atoms with Gasteiger partial charge in [-0.25, -0.2) is 4.79 Å². The van der Waals surface area contributed by atoms with Gasteiger partial charge in [0.25, 0.3) is 0 Å². The Morgan fingerprint density at radius 2 is 1.71 bits per heavy atom. The Bertz CT molecular complexity index is 303. The Kier molecular flexibility index (Phi) is 7.41. The molecule has 0 aromatic rings. The van der Waals surface area contributed by atoms with Gasteiger partial charge in [0.1, 0.15) is 0 Å². The van der Waals surface area contributed by atoms with Crippen molar-refractivity contribution >= 4 is 17.9 Å². The summed E-state index contributed by atoms with van der Waals surface area (Å²) < 4.78 is 4.49. The molecule has 1 aliphatic carbocycles. The third-order valence-electron chi connectivity index (χ3n) is 2.71. The van der Waals surface area contributed by atoms with E-state index in [1.165, 1.54) is 0 Å². The van der Waals surface area contributed by atoms with Gasteiger partial charge >= 0.3 is 41.5 Å². The molecule has 0 saturated heterocycles. The average Bonchev–Trinajstić information content (AvgIpc) is 2.25. The summed E-state index contributed by atoms with van der Waals surface area (Å²) in [5.41, 5.74) is 0. The number of carboxylic acids is 2. The largest absolute Gasteiger partial charge is 1.00 e. The van der Waals surface area contributed by atoms with Crippen molar-refractivity contribution in [2.75, 3.05) is 6.61 Å². The van der Waals surface area contributed by atoms with E-state index in [0.29, 0.717) is 12.8 Å². The summed E-state index contributed by atoms with van der Waals surface area (Å²) in [6.45, 7) is -0.727. The second kappa shape index (κ2) is 7.68. The number of aliphatic carboxylic acids is 2. The summed E-state index contributed by atoms with van der Waals surface area (Å²) >= 11 is 0.